The van der Waals surface area contributed by atoms with Crippen molar-refractivity contribution in [3.8, 4) is 11.1 Å². The first-order valence-corrected chi connectivity index (χ1v) is 10.0. The normalized spacial score (nSPS) is 13.7. The van der Waals surface area contributed by atoms with Crippen LogP contribution in [0.25, 0.3) is 22.0 Å². The van der Waals surface area contributed by atoms with Gasteiger partial charge in [-0.05, 0) is 34.9 Å². The van der Waals surface area contributed by atoms with E-state index in [4.69, 9.17) is 15.7 Å². The van der Waals surface area contributed by atoms with Crippen LogP contribution in [-0.4, -0.2) is 46.4 Å². The molecule has 1 amide bonds. The van der Waals surface area contributed by atoms with E-state index in [0.717, 1.165) is 5.56 Å². The maximum absolute atomic E-state index is 15.1. The third-order valence-electron chi connectivity index (χ3n) is 5.70. The molecule has 154 valence electrons. The SMILES string of the molecule is [B]C([B])(O)c1ccc(-c2ccc(CN3Cc4ncccc4C3=O)c(F)c2)c2cn(C)nc12. The van der Waals surface area contributed by atoms with Crippen LogP contribution in [0.2, 0.25) is 0 Å². The molecule has 0 spiro atoms. The molecule has 1 aliphatic rings. The molecule has 0 unspecified atom stereocenters. The van der Waals surface area contributed by atoms with Gasteiger partial charge in [-0.15, -0.1) is 0 Å². The highest BCUT2D eigenvalue weighted by atomic mass is 19.1. The van der Waals surface area contributed by atoms with Crippen molar-refractivity contribution in [2.45, 2.75) is 18.5 Å². The number of carbonyl (C=O) groups excluding carboxylic acids is 1. The van der Waals surface area contributed by atoms with Crippen LogP contribution < -0.4 is 0 Å². The molecule has 2 aromatic carbocycles. The van der Waals surface area contributed by atoms with Gasteiger partial charge < -0.3 is 10.0 Å². The van der Waals surface area contributed by atoms with Gasteiger partial charge >= 0.3 is 0 Å². The van der Waals surface area contributed by atoms with Crippen molar-refractivity contribution in [1.82, 2.24) is 19.7 Å². The van der Waals surface area contributed by atoms with E-state index in [1.807, 2.05) is 0 Å². The molecule has 0 atom stereocenters. The number of halogens is 1. The van der Waals surface area contributed by atoms with Crippen molar-refractivity contribution in [3.05, 3.63) is 83.1 Å². The number of fused-ring (bicyclic) bond motifs is 2. The number of hydrogen-bond donors (Lipinski definition) is 1. The molecule has 9 heteroatoms. The zero-order chi connectivity index (χ0) is 22.6. The standard InChI is InChI=1S/C23H17B2FN4O2/c1-29-11-17-15(6-7-18(21(17)28-29)23(24,25)32)13-4-5-14(19(26)9-13)10-30-12-20-16(22(30)31)3-2-8-27-20/h2-9,11,32H,10,12H2,1H3. The highest BCUT2D eigenvalue weighted by Gasteiger charge is 2.29. The molecule has 6 nitrogen and oxygen atoms in total. The number of pyridine rings is 1. The largest absolute Gasteiger partial charge is 0.405 e. The molecule has 0 aliphatic carbocycles. The van der Waals surface area contributed by atoms with Crippen molar-refractivity contribution in [2.24, 2.45) is 7.05 Å². The number of aromatic nitrogens is 3. The molecule has 0 fully saturated rings. The summed E-state index contributed by atoms with van der Waals surface area (Å²) in [7, 11) is 13.1. The van der Waals surface area contributed by atoms with Gasteiger partial charge in [-0.25, -0.2) is 4.39 Å². The van der Waals surface area contributed by atoms with E-state index in [1.165, 1.54) is 6.07 Å². The van der Waals surface area contributed by atoms with E-state index in [1.54, 1.807) is 65.4 Å². The monoisotopic (exact) mass is 422 g/mol. The summed E-state index contributed by atoms with van der Waals surface area (Å²) < 4.78 is 16.6. The summed E-state index contributed by atoms with van der Waals surface area (Å²) in [6.45, 7) is 0.505. The van der Waals surface area contributed by atoms with E-state index in [-0.39, 0.29) is 18.0 Å². The maximum Gasteiger partial charge on any atom is 0.256 e. The zero-order valence-electron chi connectivity index (χ0n) is 17.3. The number of carbonyl (C=O) groups is 1. The predicted molar refractivity (Wildman–Crippen MR) is 119 cm³/mol. The van der Waals surface area contributed by atoms with Gasteiger partial charge in [-0.3, -0.25) is 14.5 Å². The highest BCUT2D eigenvalue weighted by Crippen LogP contribution is 2.34. The third kappa shape index (κ3) is 3.39. The number of benzene rings is 2. The van der Waals surface area contributed by atoms with Crippen LogP contribution in [0, 0.1) is 5.82 Å². The van der Waals surface area contributed by atoms with Crippen LogP contribution in [0.15, 0.2) is 54.9 Å². The quantitative estimate of drug-likeness (QED) is 0.513. The van der Waals surface area contributed by atoms with Crippen molar-refractivity contribution in [1.29, 1.82) is 0 Å². The average Bonchev–Trinajstić information content (AvgIpc) is 3.28. The Morgan fingerprint density at radius 3 is 2.72 bits per heavy atom. The fraction of sp³-hybridized carbons (Fsp3) is 0.174. The van der Waals surface area contributed by atoms with Gasteiger partial charge in [0.05, 0.1) is 23.3 Å². The van der Waals surface area contributed by atoms with Gasteiger partial charge in [-0.2, -0.15) is 5.10 Å². The smallest absolute Gasteiger partial charge is 0.256 e. The van der Waals surface area contributed by atoms with Crippen molar-refractivity contribution < 1.29 is 14.3 Å². The molecule has 1 N–H and O–H groups in total. The molecule has 0 bridgehead atoms. The lowest BCUT2D eigenvalue weighted by atomic mass is 9.61. The summed E-state index contributed by atoms with van der Waals surface area (Å²) in [5.41, 5.74) is 3.74. The Morgan fingerprint density at radius 2 is 2.00 bits per heavy atom. The third-order valence-corrected chi connectivity index (χ3v) is 5.70. The van der Waals surface area contributed by atoms with Gasteiger partial charge in [0.2, 0.25) is 0 Å². The Balaban J connectivity index is 1.48. The number of aryl methyl sites for hydroxylation is 1. The topological polar surface area (TPSA) is 71.2 Å². The molecule has 0 saturated carbocycles. The van der Waals surface area contributed by atoms with Crippen LogP contribution in [0.4, 0.5) is 4.39 Å². The summed E-state index contributed by atoms with van der Waals surface area (Å²) in [6, 6.07) is 11.7. The Bertz CT molecular complexity index is 1380. The number of hydrogen-bond acceptors (Lipinski definition) is 4. The molecular weight excluding hydrogens is 405 g/mol. The van der Waals surface area contributed by atoms with E-state index < -0.39 is 11.2 Å². The number of nitrogens with zero attached hydrogens (tertiary/aromatic N) is 4. The average molecular weight is 422 g/mol. The minimum atomic E-state index is -2.05. The molecule has 1 aliphatic heterocycles. The van der Waals surface area contributed by atoms with Crippen molar-refractivity contribution in [2.75, 3.05) is 0 Å². The van der Waals surface area contributed by atoms with Gasteiger partial charge in [0, 0.05) is 42.3 Å². The Labute approximate surface area is 186 Å². The number of rotatable bonds is 4. The molecule has 2 aromatic heterocycles. The zero-order valence-corrected chi connectivity index (χ0v) is 17.3. The van der Waals surface area contributed by atoms with Crippen LogP contribution in [0.3, 0.4) is 0 Å². The summed E-state index contributed by atoms with van der Waals surface area (Å²) in [5.74, 6) is -0.574. The van der Waals surface area contributed by atoms with Gasteiger partial charge in [-0.1, -0.05) is 24.3 Å². The van der Waals surface area contributed by atoms with Crippen LogP contribution in [0.5, 0.6) is 0 Å². The first-order chi connectivity index (χ1) is 15.2. The molecule has 32 heavy (non-hydrogen) atoms. The minimum absolute atomic E-state index is 0.149. The van der Waals surface area contributed by atoms with Gasteiger partial charge in [0.1, 0.15) is 21.5 Å². The molecule has 3 heterocycles. The highest BCUT2D eigenvalue weighted by molar-refractivity contribution is 6.39. The van der Waals surface area contributed by atoms with E-state index >= 15 is 4.39 Å². The lowest BCUT2D eigenvalue weighted by molar-refractivity contribution is 0.0765. The first kappa shape index (κ1) is 20.5. The fourth-order valence-corrected chi connectivity index (χ4v) is 4.15. The maximum atomic E-state index is 15.1. The second-order valence-corrected chi connectivity index (χ2v) is 8.02. The lowest BCUT2D eigenvalue weighted by Gasteiger charge is -2.20. The Hall–Kier alpha value is -3.45. The van der Waals surface area contributed by atoms with Crippen LogP contribution in [-0.2, 0) is 25.5 Å². The molecule has 4 radical (unpaired) electrons. The van der Waals surface area contributed by atoms with Crippen molar-refractivity contribution >= 4 is 32.5 Å². The molecule has 4 aromatic rings. The predicted octanol–water partition coefficient (Wildman–Crippen LogP) is 2.37. The summed E-state index contributed by atoms with van der Waals surface area (Å²) in [4.78, 5) is 18.4. The minimum Gasteiger partial charge on any atom is -0.405 e. The fourth-order valence-electron chi connectivity index (χ4n) is 4.15. The molecular formula is C23H17B2FN4O2. The van der Waals surface area contributed by atoms with Crippen LogP contribution >= 0.6 is 0 Å². The number of aliphatic hydroxyl groups is 1. The summed E-state index contributed by atoms with van der Waals surface area (Å²) >= 11 is 0. The second kappa shape index (κ2) is 7.31. The lowest BCUT2D eigenvalue weighted by Crippen LogP contribution is -2.26. The first-order valence-electron chi connectivity index (χ1n) is 10.0. The van der Waals surface area contributed by atoms with E-state index in [2.05, 4.69) is 10.1 Å². The summed E-state index contributed by atoms with van der Waals surface area (Å²) in [5, 5.41) is 13.1. The molecule has 5 rings (SSSR count). The Morgan fingerprint density at radius 1 is 1.19 bits per heavy atom. The van der Waals surface area contributed by atoms with E-state index in [9.17, 15) is 9.90 Å². The van der Waals surface area contributed by atoms with Gasteiger partial charge in [0.15, 0.2) is 0 Å². The summed E-state index contributed by atoms with van der Waals surface area (Å²) in [6.07, 6.45) is 3.41. The number of amides is 1. The van der Waals surface area contributed by atoms with E-state index in [0.29, 0.717) is 39.8 Å². The Kier molecular flexibility index (Phi) is 4.67. The second-order valence-electron chi connectivity index (χ2n) is 8.02. The van der Waals surface area contributed by atoms with Gasteiger partial charge in [0.25, 0.3) is 5.91 Å². The van der Waals surface area contributed by atoms with Crippen LogP contribution in [0.1, 0.15) is 27.2 Å². The van der Waals surface area contributed by atoms with Crippen molar-refractivity contribution in [3.63, 3.8) is 0 Å². The molecule has 0 saturated heterocycles.